The molecule has 1 aromatic carbocycles. The highest BCUT2D eigenvalue weighted by Gasteiger charge is 2.40. The smallest absolute Gasteiger partial charge is 0.110 e. The minimum absolute atomic E-state index is 0.484. The Morgan fingerprint density at radius 3 is 3.09 bits per heavy atom. The number of piperidine rings is 1. The van der Waals surface area contributed by atoms with Gasteiger partial charge in [-0.2, -0.15) is 5.26 Å². The standard InChI is InChI=1S/C18H20ClN3/c1-2-22-10-11(6-7-20)8-13-12-4-3-5-15-17(12)14(9-16(13)22)18(19)21-15/h3-5,11,13,16,21H,2,6,8-10H2,1H3/t11?,13-,16-/m0/s1. The summed E-state index contributed by atoms with van der Waals surface area (Å²) in [5.74, 6) is 1.01. The topological polar surface area (TPSA) is 42.8 Å². The Kier molecular flexibility index (Phi) is 3.40. The van der Waals surface area contributed by atoms with Crippen molar-refractivity contribution in [3.63, 3.8) is 0 Å². The monoisotopic (exact) mass is 313 g/mol. The molecule has 1 aliphatic carbocycles. The fourth-order valence-corrected chi connectivity index (χ4v) is 4.86. The number of aromatic nitrogens is 1. The van der Waals surface area contributed by atoms with Crippen LogP contribution in [0.2, 0.25) is 5.15 Å². The third kappa shape index (κ3) is 1.98. The number of rotatable bonds is 2. The van der Waals surface area contributed by atoms with E-state index < -0.39 is 0 Å². The molecule has 114 valence electrons. The van der Waals surface area contributed by atoms with Crippen molar-refractivity contribution in [1.29, 1.82) is 5.26 Å². The molecular weight excluding hydrogens is 294 g/mol. The Hall–Kier alpha value is -1.50. The van der Waals surface area contributed by atoms with Crippen LogP contribution in [0.25, 0.3) is 10.9 Å². The molecule has 1 N–H and O–H groups in total. The molecule has 2 aliphatic rings. The van der Waals surface area contributed by atoms with E-state index in [2.05, 4.69) is 41.1 Å². The molecular formula is C18H20ClN3. The number of aromatic amines is 1. The molecule has 0 spiro atoms. The van der Waals surface area contributed by atoms with Crippen LogP contribution in [0.15, 0.2) is 18.2 Å². The SMILES string of the molecule is CCN1CC(CC#N)C[C@H]2c3cccc4[nH]c(Cl)c(c34)C[C@@H]21. The van der Waals surface area contributed by atoms with Crippen LogP contribution in [0.3, 0.4) is 0 Å². The van der Waals surface area contributed by atoms with Crippen molar-refractivity contribution in [1.82, 2.24) is 9.88 Å². The number of likely N-dealkylation sites (tertiary alicyclic amines) is 1. The average Bonchev–Trinajstić information content (AvgIpc) is 2.85. The van der Waals surface area contributed by atoms with Crippen molar-refractivity contribution in [3.05, 3.63) is 34.5 Å². The Labute approximate surface area is 135 Å². The molecule has 2 aromatic rings. The molecule has 22 heavy (non-hydrogen) atoms. The van der Waals surface area contributed by atoms with E-state index in [0.29, 0.717) is 24.3 Å². The summed E-state index contributed by atoms with van der Waals surface area (Å²) in [5.41, 5.74) is 3.86. The van der Waals surface area contributed by atoms with E-state index in [0.717, 1.165) is 36.6 Å². The van der Waals surface area contributed by atoms with Gasteiger partial charge in [-0.05, 0) is 42.5 Å². The van der Waals surface area contributed by atoms with Gasteiger partial charge in [0.05, 0.1) is 6.07 Å². The number of hydrogen-bond acceptors (Lipinski definition) is 2. The summed E-state index contributed by atoms with van der Waals surface area (Å²) in [4.78, 5) is 5.89. The summed E-state index contributed by atoms with van der Waals surface area (Å²) in [5, 5.41) is 11.2. The molecule has 4 rings (SSSR count). The second-order valence-corrected chi connectivity index (χ2v) is 6.99. The third-order valence-electron chi connectivity index (χ3n) is 5.52. The molecule has 1 aliphatic heterocycles. The number of fused-ring (bicyclic) bond motifs is 2. The van der Waals surface area contributed by atoms with Crippen molar-refractivity contribution in [2.45, 2.75) is 38.1 Å². The normalized spacial score (nSPS) is 27.6. The molecule has 0 saturated carbocycles. The van der Waals surface area contributed by atoms with Gasteiger partial charge in [-0.1, -0.05) is 30.7 Å². The number of halogens is 1. The van der Waals surface area contributed by atoms with Crippen LogP contribution in [0.1, 0.15) is 36.8 Å². The van der Waals surface area contributed by atoms with Crippen molar-refractivity contribution in [2.24, 2.45) is 5.92 Å². The minimum atomic E-state index is 0.484. The van der Waals surface area contributed by atoms with E-state index in [1.165, 1.54) is 16.5 Å². The number of H-pyrrole nitrogens is 1. The highest BCUT2D eigenvalue weighted by Crippen LogP contribution is 2.46. The first kappa shape index (κ1) is 14.1. The molecule has 1 saturated heterocycles. The molecule has 1 fully saturated rings. The summed E-state index contributed by atoms with van der Waals surface area (Å²) in [6.45, 7) is 4.30. The first-order chi connectivity index (χ1) is 10.7. The lowest BCUT2D eigenvalue weighted by atomic mass is 9.72. The quantitative estimate of drug-likeness (QED) is 0.907. The van der Waals surface area contributed by atoms with E-state index in [9.17, 15) is 0 Å². The molecule has 0 radical (unpaired) electrons. The first-order valence-corrected chi connectivity index (χ1v) is 8.50. The van der Waals surface area contributed by atoms with Crippen LogP contribution < -0.4 is 0 Å². The maximum atomic E-state index is 9.10. The third-order valence-corrected chi connectivity index (χ3v) is 5.84. The molecule has 2 heterocycles. The summed E-state index contributed by atoms with van der Waals surface area (Å²) < 4.78 is 0. The van der Waals surface area contributed by atoms with E-state index in [1.807, 2.05) is 0 Å². The van der Waals surface area contributed by atoms with Crippen molar-refractivity contribution in [2.75, 3.05) is 13.1 Å². The number of nitrogens with one attached hydrogen (secondary N) is 1. The summed E-state index contributed by atoms with van der Waals surface area (Å²) in [7, 11) is 0. The molecule has 0 amide bonds. The number of nitriles is 1. The van der Waals surface area contributed by atoms with Gasteiger partial charge in [0, 0.05) is 35.8 Å². The first-order valence-electron chi connectivity index (χ1n) is 8.12. The lowest BCUT2D eigenvalue weighted by Gasteiger charge is -2.46. The van der Waals surface area contributed by atoms with Crippen molar-refractivity contribution < 1.29 is 0 Å². The van der Waals surface area contributed by atoms with Crippen LogP contribution in [0, 0.1) is 17.2 Å². The maximum absolute atomic E-state index is 9.10. The largest absolute Gasteiger partial charge is 0.345 e. The molecule has 3 atom stereocenters. The van der Waals surface area contributed by atoms with Gasteiger partial charge in [-0.3, -0.25) is 4.90 Å². The number of benzene rings is 1. The molecule has 1 unspecified atom stereocenters. The predicted octanol–water partition coefficient (Wildman–Crippen LogP) is 4.09. The summed E-state index contributed by atoms with van der Waals surface area (Å²) in [6.07, 6.45) is 2.81. The van der Waals surface area contributed by atoms with Crippen molar-refractivity contribution in [3.8, 4) is 6.07 Å². The van der Waals surface area contributed by atoms with Gasteiger partial charge in [-0.25, -0.2) is 0 Å². The zero-order chi connectivity index (χ0) is 15.3. The second kappa shape index (κ2) is 5.30. The minimum Gasteiger partial charge on any atom is -0.345 e. The predicted molar refractivity (Wildman–Crippen MR) is 89.1 cm³/mol. The maximum Gasteiger partial charge on any atom is 0.110 e. The van der Waals surface area contributed by atoms with Gasteiger partial charge in [0.25, 0.3) is 0 Å². The molecule has 4 heteroatoms. The summed E-state index contributed by atoms with van der Waals surface area (Å²) >= 11 is 6.46. The molecule has 3 nitrogen and oxygen atoms in total. The van der Waals surface area contributed by atoms with E-state index in [4.69, 9.17) is 16.9 Å². The highest BCUT2D eigenvalue weighted by atomic mass is 35.5. The Bertz CT molecular complexity index is 758. The molecule has 1 aromatic heterocycles. The Morgan fingerprint density at radius 1 is 1.45 bits per heavy atom. The second-order valence-electron chi connectivity index (χ2n) is 6.62. The number of likely N-dealkylation sites (N-methyl/N-ethyl adjacent to an activating group) is 1. The lowest BCUT2D eigenvalue weighted by molar-refractivity contribution is 0.0917. The van der Waals surface area contributed by atoms with Crippen LogP contribution >= 0.6 is 11.6 Å². The van der Waals surface area contributed by atoms with E-state index in [1.54, 1.807) is 0 Å². The van der Waals surface area contributed by atoms with Gasteiger partial charge in [0.2, 0.25) is 0 Å². The molecule has 0 bridgehead atoms. The van der Waals surface area contributed by atoms with Gasteiger partial charge >= 0.3 is 0 Å². The van der Waals surface area contributed by atoms with Crippen LogP contribution in [0.5, 0.6) is 0 Å². The zero-order valence-corrected chi connectivity index (χ0v) is 13.5. The van der Waals surface area contributed by atoms with Crippen LogP contribution in [-0.4, -0.2) is 29.0 Å². The zero-order valence-electron chi connectivity index (χ0n) is 12.8. The fourth-order valence-electron chi connectivity index (χ4n) is 4.58. The Balaban J connectivity index is 1.84. The highest BCUT2D eigenvalue weighted by molar-refractivity contribution is 6.32. The van der Waals surface area contributed by atoms with E-state index in [-0.39, 0.29) is 0 Å². The van der Waals surface area contributed by atoms with Crippen LogP contribution in [0.4, 0.5) is 0 Å². The Morgan fingerprint density at radius 2 is 2.32 bits per heavy atom. The number of hydrogen-bond donors (Lipinski definition) is 1. The van der Waals surface area contributed by atoms with E-state index >= 15 is 0 Å². The summed E-state index contributed by atoms with van der Waals surface area (Å²) in [6, 6.07) is 9.39. The van der Waals surface area contributed by atoms with Crippen molar-refractivity contribution >= 4 is 22.5 Å². The average molecular weight is 314 g/mol. The van der Waals surface area contributed by atoms with Gasteiger partial charge in [0.1, 0.15) is 5.15 Å². The van der Waals surface area contributed by atoms with Gasteiger partial charge < -0.3 is 4.98 Å². The fraction of sp³-hybridized carbons (Fsp3) is 0.500. The van der Waals surface area contributed by atoms with Gasteiger partial charge in [-0.15, -0.1) is 0 Å². The lowest BCUT2D eigenvalue weighted by Crippen LogP contribution is -2.49. The number of nitrogens with zero attached hydrogens (tertiary/aromatic N) is 2. The van der Waals surface area contributed by atoms with Crippen LogP contribution in [-0.2, 0) is 6.42 Å². The van der Waals surface area contributed by atoms with Gasteiger partial charge in [0.15, 0.2) is 0 Å².